The van der Waals surface area contributed by atoms with Gasteiger partial charge < -0.3 is 19.4 Å². The van der Waals surface area contributed by atoms with Crippen LogP contribution in [0.15, 0.2) is 42.7 Å². The van der Waals surface area contributed by atoms with Crippen LogP contribution >= 0.6 is 0 Å². The molecule has 28 heavy (non-hydrogen) atoms. The fourth-order valence-electron chi connectivity index (χ4n) is 3.78. The number of nitrogens with zero attached hydrogens (tertiary/aromatic N) is 7. The predicted octanol–water partition coefficient (Wildman–Crippen LogP) is 1.58. The summed E-state index contributed by atoms with van der Waals surface area (Å²) in [6.45, 7) is 6.67. The lowest BCUT2D eigenvalue weighted by Gasteiger charge is -2.37. The maximum atomic E-state index is 5.47. The van der Waals surface area contributed by atoms with E-state index in [4.69, 9.17) is 9.72 Å². The molecule has 0 atom stereocenters. The van der Waals surface area contributed by atoms with Crippen molar-refractivity contribution in [2.45, 2.75) is 0 Å². The Balaban J connectivity index is 1.43. The number of piperazine rings is 1. The van der Waals surface area contributed by atoms with Crippen molar-refractivity contribution in [3.8, 4) is 0 Å². The summed E-state index contributed by atoms with van der Waals surface area (Å²) < 4.78 is 5.47. The molecule has 0 saturated carbocycles. The van der Waals surface area contributed by atoms with Crippen LogP contribution in [-0.2, 0) is 4.74 Å². The van der Waals surface area contributed by atoms with E-state index in [1.54, 1.807) is 12.4 Å². The van der Waals surface area contributed by atoms with Crippen LogP contribution in [0.25, 0.3) is 11.2 Å². The van der Waals surface area contributed by atoms with E-state index in [1.807, 2.05) is 0 Å². The van der Waals surface area contributed by atoms with Crippen molar-refractivity contribution < 1.29 is 4.74 Å². The first kappa shape index (κ1) is 17.1. The van der Waals surface area contributed by atoms with E-state index in [2.05, 4.69) is 60.0 Å². The SMILES string of the molecule is c1ccc(N2CCN(c3nc(N4CCOCC4)nc4nccnc34)CC2)cc1. The first-order valence-electron chi connectivity index (χ1n) is 9.75. The van der Waals surface area contributed by atoms with Crippen molar-refractivity contribution in [2.75, 3.05) is 67.2 Å². The molecule has 2 saturated heterocycles. The molecule has 2 aromatic heterocycles. The fraction of sp³-hybridized carbons (Fsp3) is 0.400. The van der Waals surface area contributed by atoms with Crippen molar-refractivity contribution in [3.05, 3.63) is 42.7 Å². The second kappa shape index (κ2) is 7.55. The molecule has 0 unspecified atom stereocenters. The van der Waals surface area contributed by atoms with Gasteiger partial charge in [-0.2, -0.15) is 9.97 Å². The number of benzene rings is 1. The Labute approximate surface area is 163 Å². The van der Waals surface area contributed by atoms with E-state index < -0.39 is 0 Å². The van der Waals surface area contributed by atoms with Crippen LogP contribution in [0.3, 0.4) is 0 Å². The zero-order valence-corrected chi connectivity index (χ0v) is 15.7. The Kier molecular flexibility index (Phi) is 4.62. The highest BCUT2D eigenvalue weighted by molar-refractivity contribution is 5.84. The Bertz CT molecular complexity index is 938. The monoisotopic (exact) mass is 377 g/mol. The van der Waals surface area contributed by atoms with Gasteiger partial charge >= 0.3 is 0 Å². The molecule has 2 fully saturated rings. The molecule has 0 radical (unpaired) electrons. The molecule has 0 aliphatic carbocycles. The van der Waals surface area contributed by atoms with Crippen LogP contribution in [-0.4, -0.2) is 72.4 Å². The molecular weight excluding hydrogens is 354 g/mol. The van der Waals surface area contributed by atoms with Gasteiger partial charge in [0.05, 0.1) is 13.2 Å². The summed E-state index contributed by atoms with van der Waals surface area (Å²) in [5, 5.41) is 0. The lowest BCUT2D eigenvalue weighted by atomic mass is 10.2. The van der Waals surface area contributed by atoms with Crippen molar-refractivity contribution in [1.29, 1.82) is 0 Å². The van der Waals surface area contributed by atoms with Crippen LogP contribution in [0.2, 0.25) is 0 Å². The summed E-state index contributed by atoms with van der Waals surface area (Å²) in [6.07, 6.45) is 3.40. The molecule has 5 rings (SSSR count). The largest absolute Gasteiger partial charge is 0.378 e. The average molecular weight is 377 g/mol. The quantitative estimate of drug-likeness (QED) is 0.681. The highest BCUT2D eigenvalue weighted by Crippen LogP contribution is 2.26. The van der Waals surface area contributed by atoms with Gasteiger partial charge in [-0.1, -0.05) is 18.2 Å². The van der Waals surface area contributed by atoms with E-state index in [9.17, 15) is 0 Å². The minimum Gasteiger partial charge on any atom is -0.378 e. The van der Waals surface area contributed by atoms with Crippen LogP contribution < -0.4 is 14.7 Å². The Morgan fingerprint density at radius 2 is 1.43 bits per heavy atom. The van der Waals surface area contributed by atoms with Gasteiger partial charge in [-0.15, -0.1) is 0 Å². The van der Waals surface area contributed by atoms with Gasteiger partial charge in [0, 0.05) is 57.3 Å². The van der Waals surface area contributed by atoms with Crippen LogP contribution in [0.4, 0.5) is 17.5 Å². The third kappa shape index (κ3) is 3.31. The molecule has 0 spiro atoms. The number of hydrogen-bond donors (Lipinski definition) is 0. The Morgan fingerprint density at radius 1 is 0.714 bits per heavy atom. The zero-order chi connectivity index (χ0) is 18.8. The standard InChI is InChI=1S/C20H23N7O/c1-2-4-16(5-3-1)25-8-10-26(11-9-25)19-17-18(22-7-6-21-17)23-20(24-19)27-12-14-28-15-13-27/h1-7H,8-15H2. The Hall–Kier alpha value is -3.00. The molecule has 1 aromatic carbocycles. The van der Waals surface area contributed by atoms with Gasteiger partial charge in [0.2, 0.25) is 5.95 Å². The predicted molar refractivity (Wildman–Crippen MR) is 109 cm³/mol. The number of anilines is 3. The Morgan fingerprint density at radius 3 is 2.21 bits per heavy atom. The van der Waals surface area contributed by atoms with Gasteiger partial charge in [0.15, 0.2) is 17.0 Å². The lowest BCUT2D eigenvalue weighted by Crippen LogP contribution is -2.47. The van der Waals surface area contributed by atoms with E-state index >= 15 is 0 Å². The maximum absolute atomic E-state index is 5.47. The lowest BCUT2D eigenvalue weighted by molar-refractivity contribution is 0.122. The second-order valence-corrected chi connectivity index (χ2v) is 6.98. The van der Waals surface area contributed by atoms with E-state index in [-0.39, 0.29) is 0 Å². The molecule has 2 aliphatic rings. The van der Waals surface area contributed by atoms with Crippen molar-refractivity contribution in [1.82, 2.24) is 19.9 Å². The summed E-state index contributed by atoms with van der Waals surface area (Å²) in [7, 11) is 0. The molecule has 2 aliphatic heterocycles. The normalized spacial score (nSPS) is 17.9. The zero-order valence-electron chi connectivity index (χ0n) is 15.7. The molecule has 0 N–H and O–H groups in total. The van der Waals surface area contributed by atoms with Gasteiger partial charge in [0.25, 0.3) is 0 Å². The average Bonchev–Trinajstić information content (AvgIpc) is 2.80. The van der Waals surface area contributed by atoms with Crippen LogP contribution in [0.1, 0.15) is 0 Å². The molecule has 144 valence electrons. The summed E-state index contributed by atoms with van der Waals surface area (Å²) >= 11 is 0. The second-order valence-electron chi connectivity index (χ2n) is 6.98. The van der Waals surface area contributed by atoms with Gasteiger partial charge in [-0.05, 0) is 12.1 Å². The molecule has 0 bridgehead atoms. The van der Waals surface area contributed by atoms with Crippen LogP contribution in [0, 0.1) is 0 Å². The summed E-state index contributed by atoms with van der Waals surface area (Å²) in [6, 6.07) is 10.6. The molecule has 0 amide bonds. The highest BCUT2D eigenvalue weighted by atomic mass is 16.5. The molecular formula is C20H23N7O. The van der Waals surface area contributed by atoms with Gasteiger partial charge in [-0.3, -0.25) is 0 Å². The number of para-hydroxylation sites is 1. The maximum Gasteiger partial charge on any atom is 0.229 e. The summed E-state index contributed by atoms with van der Waals surface area (Å²) in [5.74, 6) is 1.60. The molecule has 3 aromatic rings. The minimum absolute atomic E-state index is 0.652. The number of hydrogen-bond acceptors (Lipinski definition) is 8. The minimum atomic E-state index is 0.652. The first-order valence-corrected chi connectivity index (χ1v) is 9.75. The summed E-state index contributed by atoms with van der Waals surface area (Å²) in [5.41, 5.74) is 2.69. The highest BCUT2D eigenvalue weighted by Gasteiger charge is 2.24. The van der Waals surface area contributed by atoms with Crippen molar-refractivity contribution in [3.63, 3.8) is 0 Å². The fourth-order valence-corrected chi connectivity index (χ4v) is 3.78. The smallest absolute Gasteiger partial charge is 0.229 e. The van der Waals surface area contributed by atoms with Gasteiger partial charge in [-0.25, -0.2) is 9.97 Å². The first-order chi connectivity index (χ1) is 13.9. The molecule has 8 nitrogen and oxygen atoms in total. The third-order valence-corrected chi connectivity index (χ3v) is 5.30. The number of aromatic nitrogens is 4. The molecule has 8 heteroatoms. The van der Waals surface area contributed by atoms with E-state index in [1.165, 1.54) is 5.69 Å². The number of morpholine rings is 1. The van der Waals surface area contributed by atoms with Crippen molar-refractivity contribution >= 4 is 28.6 Å². The van der Waals surface area contributed by atoms with E-state index in [0.717, 1.165) is 56.6 Å². The summed E-state index contributed by atoms with van der Waals surface area (Å²) in [4.78, 5) is 25.4. The number of fused-ring (bicyclic) bond motifs is 1. The van der Waals surface area contributed by atoms with Crippen molar-refractivity contribution in [2.24, 2.45) is 0 Å². The molecule has 4 heterocycles. The number of rotatable bonds is 3. The van der Waals surface area contributed by atoms with Gasteiger partial charge in [0.1, 0.15) is 0 Å². The third-order valence-electron chi connectivity index (χ3n) is 5.30. The van der Waals surface area contributed by atoms with Crippen LogP contribution in [0.5, 0.6) is 0 Å². The number of ether oxygens (including phenoxy) is 1. The van der Waals surface area contributed by atoms with E-state index in [0.29, 0.717) is 18.9 Å². The topological polar surface area (TPSA) is 70.5 Å².